The molecule has 2 heterocycles. The first kappa shape index (κ1) is 27.6. The second-order valence-corrected chi connectivity index (χ2v) is 12.6. The second-order valence-electron chi connectivity index (χ2n) is 12.6. The van der Waals surface area contributed by atoms with Crippen LogP contribution >= 0.6 is 0 Å². The van der Waals surface area contributed by atoms with Crippen molar-refractivity contribution in [3.63, 3.8) is 0 Å². The molecule has 49 heavy (non-hydrogen) atoms. The summed E-state index contributed by atoms with van der Waals surface area (Å²) in [6.45, 7) is 0. The molecular formula is C45H28N4. The average molecular weight is 625 g/mol. The van der Waals surface area contributed by atoms with Gasteiger partial charge in [0.2, 0.25) is 0 Å². The minimum absolute atomic E-state index is 0.434. The number of benzene rings is 6. The van der Waals surface area contributed by atoms with E-state index in [2.05, 4.69) is 132 Å². The summed E-state index contributed by atoms with van der Waals surface area (Å²) in [5.41, 5.74) is 14.8. The van der Waals surface area contributed by atoms with Gasteiger partial charge in [0.25, 0.3) is 0 Å². The van der Waals surface area contributed by atoms with E-state index in [0.29, 0.717) is 17.5 Å². The number of fused-ring (bicyclic) bond motifs is 10. The maximum absolute atomic E-state index is 5.22. The van der Waals surface area contributed by atoms with Crippen LogP contribution < -0.4 is 0 Å². The van der Waals surface area contributed by atoms with Gasteiger partial charge in [-0.15, -0.1) is 0 Å². The molecule has 2 aromatic heterocycles. The zero-order chi connectivity index (χ0) is 32.4. The maximum atomic E-state index is 5.22. The van der Waals surface area contributed by atoms with Crippen LogP contribution in [0.1, 0.15) is 22.3 Å². The number of rotatable bonds is 4. The summed E-state index contributed by atoms with van der Waals surface area (Å²) >= 11 is 0. The Hall–Kier alpha value is -6.52. The number of pyridine rings is 1. The third-order valence-electron chi connectivity index (χ3n) is 10.1. The highest BCUT2D eigenvalue weighted by Gasteiger charge is 2.52. The SMILES string of the molecule is c1ccc(-c2nc(-c3ccc(-c4ccncc4)cc3)nc(-c3cccc4c3-c3ccccc3C43c4ccccc4-c4ccccc43)n2)cc1. The molecule has 10 rings (SSSR count). The highest BCUT2D eigenvalue weighted by molar-refractivity contribution is 5.99. The lowest BCUT2D eigenvalue weighted by Gasteiger charge is -2.30. The molecule has 6 aromatic carbocycles. The van der Waals surface area contributed by atoms with Gasteiger partial charge in [-0.2, -0.15) is 0 Å². The van der Waals surface area contributed by atoms with Crippen LogP contribution in [-0.4, -0.2) is 19.9 Å². The van der Waals surface area contributed by atoms with Crippen LogP contribution in [0.2, 0.25) is 0 Å². The van der Waals surface area contributed by atoms with Gasteiger partial charge in [0.05, 0.1) is 5.41 Å². The molecule has 0 saturated carbocycles. The molecular weight excluding hydrogens is 597 g/mol. The van der Waals surface area contributed by atoms with E-state index in [-0.39, 0.29) is 0 Å². The Morgan fingerprint density at radius 3 is 1.41 bits per heavy atom. The van der Waals surface area contributed by atoms with E-state index in [9.17, 15) is 0 Å². The first-order valence-corrected chi connectivity index (χ1v) is 16.6. The van der Waals surface area contributed by atoms with Gasteiger partial charge >= 0.3 is 0 Å². The summed E-state index contributed by atoms with van der Waals surface area (Å²) in [5, 5.41) is 0. The molecule has 0 saturated heterocycles. The van der Waals surface area contributed by atoms with Gasteiger partial charge in [-0.1, -0.05) is 146 Å². The fourth-order valence-corrected chi connectivity index (χ4v) is 8.03. The Morgan fingerprint density at radius 2 is 0.755 bits per heavy atom. The van der Waals surface area contributed by atoms with E-state index in [1.54, 1.807) is 0 Å². The van der Waals surface area contributed by atoms with Gasteiger partial charge in [0.1, 0.15) is 0 Å². The van der Waals surface area contributed by atoms with Crippen molar-refractivity contribution in [3.05, 3.63) is 192 Å². The van der Waals surface area contributed by atoms with Crippen molar-refractivity contribution in [1.82, 2.24) is 19.9 Å². The molecule has 4 nitrogen and oxygen atoms in total. The van der Waals surface area contributed by atoms with E-state index in [1.807, 2.05) is 42.7 Å². The number of hydrogen-bond donors (Lipinski definition) is 0. The van der Waals surface area contributed by atoms with Crippen molar-refractivity contribution >= 4 is 0 Å². The minimum Gasteiger partial charge on any atom is -0.265 e. The zero-order valence-electron chi connectivity index (χ0n) is 26.5. The summed E-state index contributed by atoms with van der Waals surface area (Å²) in [5.74, 6) is 1.94. The Kier molecular flexibility index (Phi) is 6.06. The molecule has 0 unspecified atom stereocenters. The van der Waals surface area contributed by atoms with E-state index >= 15 is 0 Å². The largest absolute Gasteiger partial charge is 0.265 e. The molecule has 1 spiro atoms. The summed E-state index contributed by atoms with van der Waals surface area (Å²) in [4.78, 5) is 19.6. The Balaban J connectivity index is 1.22. The van der Waals surface area contributed by atoms with Gasteiger partial charge < -0.3 is 0 Å². The van der Waals surface area contributed by atoms with Gasteiger partial charge in [0, 0.05) is 29.1 Å². The lowest BCUT2D eigenvalue weighted by Crippen LogP contribution is -2.25. The molecule has 0 radical (unpaired) electrons. The molecule has 0 amide bonds. The topological polar surface area (TPSA) is 51.6 Å². The number of hydrogen-bond acceptors (Lipinski definition) is 4. The molecule has 0 atom stereocenters. The minimum atomic E-state index is -0.434. The van der Waals surface area contributed by atoms with Crippen molar-refractivity contribution in [1.29, 1.82) is 0 Å². The fourth-order valence-electron chi connectivity index (χ4n) is 8.03. The quantitative estimate of drug-likeness (QED) is 0.196. The van der Waals surface area contributed by atoms with E-state index in [4.69, 9.17) is 15.0 Å². The molecule has 8 aromatic rings. The van der Waals surface area contributed by atoms with Crippen molar-refractivity contribution in [2.45, 2.75) is 5.41 Å². The maximum Gasteiger partial charge on any atom is 0.164 e. The third kappa shape index (κ3) is 4.04. The van der Waals surface area contributed by atoms with E-state index in [1.165, 1.54) is 44.5 Å². The molecule has 0 N–H and O–H groups in total. The van der Waals surface area contributed by atoms with Crippen LogP contribution in [-0.2, 0) is 5.41 Å². The standard InChI is InChI=1S/C45H28N4/c1-2-11-31(12-3-1)42-47-43(32-23-21-29(22-24-32)30-25-27-46-28-26-30)49-44(48-42)36-16-10-20-40-41(36)35-15-6-9-19-39(35)45(40)37-17-7-4-13-33(37)34-14-5-8-18-38(34)45/h1-28H. The summed E-state index contributed by atoms with van der Waals surface area (Å²) in [6.07, 6.45) is 3.63. The second kappa shape index (κ2) is 10.8. The van der Waals surface area contributed by atoms with Gasteiger partial charge in [-0.05, 0) is 67.8 Å². The Morgan fingerprint density at radius 1 is 0.306 bits per heavy atom. The molecule has 2 aliphatic rings. The summed E-state index contributed by atoms with van der Waals surface area (Å²) in [7, 11) is 0. The zero-order valence-corrected chi connectivity index (χ0v) is 26.5. The first-order chi connectivity index (χ1) is 24.3. The Bertz CT molecular complexity index is 2490. The van der Waals surface area contributed by atoms with Crippen LogP contribution in [0.3, 0.4) is 0 Å². The lowest BCUT2D eigenvalue weighted by molar-refractivity contribution is 0.794. The van der Waals surface area contributed by atoms with E-state index < -0.39 is 5.41 Å². The smallest absolute Gasteiger partial charge is 0.164 e. The molecule has 0 fully saturated rings. The van der Waals surface area contributed by atoms with Gasteiger partial charge in [0.15, 0.2) is 17.5 Å². The van der Waals surface area contributed by atoms with Gasteiger partial charge in [-0.25, -0.2) is 15.0 Å². The molecule has 2 aliphatic carbocycles. The van der Waals surface area contributed by atoms with Crippen molar-refractivity contribution in [2.24, 2.45) is 0 Å². The number of nitrogens with zero attached hydrogens (tertiary/aromatic N) is 4. The first-order valence-electron chi connectivity index (χ1n) is 16.6. The molecule has 0 aliphatic heterocycles. The molecule has 228 valence electrons. The fraction of sp³-hybridized carbons (Fsp3) is 0.0222. The predicted molar refractivity (Wildman–Crippen MR) is 196 cm³/mol. The van der Waals surface area contributed by atoms with E-state index in [0.717, 1.165) is 27.8 Å². The Labute approximate surface area is 284 Å². The van der Waals surface area contributed by atoms with Crippen LogP contribution in [0.15, 0.2) is 170 Å². The van der Waals surface area contributed by atoms with Gasteiger partial charge in [-0.3, -0.25) is 4.98 Å². The predicted octanol–water partition coefficient (Wildman–Crippen LogP) is 10.3. The van der Waals surface area contributed by atoms with Crippen LogP contribution in [0.5, 0.6) is 0 Å². The highest BCUT2D eigenvalue weighted by Crippen LogP contribution is 2.63. The van der Waals surface area contributed by atoms with Crippen molar-refractivity contribution < 1.29 is 0 Å². The van der Waals surface area contributed by atoms with Crippen LogP contribution in [0.4, 0.5) is 0 Å². The van der Waals surface area contributed by atoms with Crippen LogP contribution in [0, 0.1) is 0 Å². The van der Waals surface area contributed by atoms with Crippen LogP contribution in [0.25, 0.3) is 67.5 Å². The lowest BCUT2D eigenvalue weighted by atomic mass is 9.70. The monoisotopic (exact) mass is 624 g/mol. The average Bonchev–Trinajstić information content (AvgIpc) is 3.66. The molecule has 4 heteroatoms. The highest BCUT2D eigenvalue weighted by atomic mass is 15.0. The number of aromatic nitrogens is 4. The normalized spacial score (nSPS) is 13.1. The molecule has 0 bridgehead atoms. The summed E-state index contributed by atoms with van der Waals surface area (Å²) < 4.78 is 0. The van der Waals surface area contributed by atoms with Crippen molar-refractivity contribution in [3.8, 4) is 67.5 Å². The van der Waals surface area contributed by atoms with Crippen molar-refractivity contribution in [2.75, 3.05) is 0 Å². The third-order valence-corrected chi connectivity index (χ3v) is 10.1. The summed E-state index contributed by atoms with van der Waals surface area (Å²) in [6, 6.07) is 55.9.